The van der Waals surface area contributed by atoms with Crippen molar-refractivity contribution >= 4 is 25.7 Å². The lowest BCUT2D eigenvalue weighted by Crippen LogP contribution is -2.10. The summed E-state index contributed by atoms with van der Waals surface area (Å²) in [7, 11) is -4.46. The Morgan fingerprint density at radius 1 is 1.10 bits per heavy atom. The summed E-state index contributed by atoms with van der Waals surface area (Å²) in [5.74, 6) is -3.13. The SMILES string of the molecule is C=C(C)C(=O)OCCOP(=O)(O)O.O=C(O)/C=C\C(=O)O. The zero-order valence-corrected chi connectivity index (χ0v) is 11.9. The van der Waals surface area contributed by atoms with Gasteiger partial charge >= 0.3 is 25.7 Å². The van der Waals surface area contributed by atoms with E-state index < -0.39 is 25.7 Å². The van der Waals surface area contributed by atoms with Crippen molar-refractivity contribution in [1.82, 2.24) is 0 Å². The van der Waals surface area contributed by atoms with Crippen LogP contribution in [0.25, 0.3) is 0 Å². The minimum Gasteiger partial charge on any atom is -0.478 e. The third kappa shape index (κ3) is 20.5. The minimum absolute atomic E-state index is 0.212. The van der Waals surface area contributed by atoms with Gasteiger partial charge in [0, 0.05) is 17.7 Å². The van der Waals surface area contributed by atoms with Gasteiger partial charge < -0.3 is 24.7 Å². The van der Waals surface area contributed by atoms with Crippen LogP contribution in [-0.2, 0) is 28.2 Å². The molecule has 10 nitrogen and oxygen atoms in total. The molecular formula is C10H15O10P. The summed E-state index contributed by atoms with van der Waals surface area (Å²) >= 11 is 0. The molecule has 21 heavy (non-hydrogen) atoms. The highest BCUT2D eigenvalue weighted by Gasteiger charge is 2.13. The van der Waals surface area contributed by atoms with E-state index in [0.717, 1.165) is 0 Å². The van der Waals surface area contributed by atoms with Crippen LogP contribution < -0.4 is 0 Å². The molecule has 0 amide bonds. The number of rotatable bonds is 7. The van der Waals surface area contributed by atoms with Crippen molar-refractivity contribution in [2.45, 2.75) is 6.92 Å². The molecule has 0 fully saturated rings. The van der Waals surface area contributed by atoms with Crippen molar-refractivity contribution in [3.05, 3.63) is 24.3 Å². The van der Waals surface area contributed by atoms with Gasteiger partial charge in [-0.3, -0.25) is 4.52 Å². The van der Waals surface area contributed by atoms with Crippen LogP contribution in [0.2, 0.25) is 0 Å². The molecule has 0 aromatic heterocycles. The first-order valence-electron chi connectivity index (χ1n) is 5.12. The summed E-state index contributed by atoms with van der Waals surface area (Å²) in [6.45, 7) is 4.22. The normalized spacial score (nSPS) is 10.4. The molecule has 0 saturated carbocycles. The first-order chi connectivity index (χ1) is 9.45. The zero-order chi connectivity index (χ0) is 17.1. The first-order valence-corrected chi connectivity index (χ1v) is 6.65. The fraction of sp³-hybridized carbons (Fsp3) is 0.300. The molecule has 0 aliphatic heterocycles. The largest absolute Gasteiger partial charge is 0.478 e. The summed E-state index contributed by atoms with van der Waals surface area (Å²) in [6.07, 6.45) is 1.12. The molecule has 0 heterocycles. The number of aliphatic carboxylic acids is 2. The predicted octanol–water partition coefficient (Wildman–Crippen LogP) is -0.0732. The van der Waals surface area contributed by atoms with Crippen molar-refractivity contribution in [2.24, 2.45) is 0 Å². The number of phosphoric ester groups is 1. The van der Waals surface area contributed by atoms with Crippen molar-refractivity contribution in [3.63, 3.8) is 0 Å². The van der Waals surface area contributed by atoms with Gasteiger partial charge in [-0.05, 0) is 6.92 Å². The Balaban J connectivity index is 0. The summed E-state index contributed by atoms with van der Waals surface area (Å²) in [6, 6.07) is 0. The van der Waals surface area contributed by atoms with Crippen LogP contribution in [0, 0.1) is 0 Å². The van der Waals surface area contributed by atoms with Crippen LogP contribution in [0.5, 0.6) is 0 Å². The molecule has 0 aliphatic rings. The topological polar surface area (TPSA) is 168 Å². The number of hydrogen-bond donors (Lipinski definition) is 4. The molecule has 120 valence electrons. The van der Waals surface area contributed by atoms with Gasteiger partial charge in [0.1, 0.15) is 6.61 Å². The van der Waals surface area contributed by atoms with Crippen LogP contribution in [0.15, 0.2) is 24.3 Å². The van der Waals surface area contributed by atoms with Crippen molar-refractivity contribution in [3.8, 4) is 0 Å². The lowest BCUT2D eigenvalue weighted by atomic mass is 10.4. The summed E-state index contributed by atoms with van der Waals surface area (Å²) < 4.78 is 18.6. The molecule has 0 aliphatic carbocycles. The molecule has 0 aromatic carbocycles. The van der Waals surface area contributed by atoms with Gasteiger partial charge in [-0.2, -0.15) is 0 Å². The molecule has 0 bridgehead atoms. The van der Waals surface area contributed by atoms with E-state index in [1.165, 1.54) is 6.92 Å². The fourth-order valence-electron chi connectivity index (χ4n) is 0.556. The van der Waals surface area contributed by atoms with Crippen LogP contribution in [0.4, 0.5) is 0 Å². The smallest absolute Gasteiger partial charge is 0.469 e. The number of ether oxygens (including phenoxy) is 1. The summed E-state index contributed by atoms with van der Waals surface area (Å²) in [5.41, 5.74) is 0.219. The fourth-order valence-corrected chi connectivity index (χ4v) is 0.869. The van der Waals surface area contributed by atoms with Gasteiger partial charge in [0.25, 0.3) is 0 Å². The lowest BCUT2D eigenvalue weighted by molar-refractivity contribution is -0.139. The van der Waals surface area contributed by atoms with Gasteiger partial charge in [-0.25, -0.2) is 18.9 Å². The molecule has 0 spiro atoms. The maximum atomic E-state index is 10.7. The van der Waals surface area contributed by atoms with E-state index >= 15 is 0 Å². The Morgan fingerprint density at radius 3 is 1.81 bits per heavy atom. The Bertz CT molecular complexity index is 444. The van der Waals surface area contributed by atoms with Gasteiger partial charge in [0.05, 0.1) is 6.61 Å². The second-order valence-corrected chi connectivity index (χ2v) is 4.49. The van der Waals surface area contributed by atoms with E-state index in [4.69, 9.17) is 20.0 Å². The molecule has 4 N–H and O–H groups in total. The Hall–Kier alpha value is -2.00. The van der Waals surface area contributed by atoms with E-state index in [2.05, 4.69) is 15.8 Å². The third-order valence-corrected chi connectivity index (χ3v) is 1.81. The highest BCUT2D eigenvalue weighted by atomic mass is 31.2. The van der Waals surface area contributed by atoms with Crippen LogP contribution in [0.3, 0.4) is 0 Å². The maximum absolute atomic E-state index is 10.7. The van der Waals surface area contributed by atoms with E-state index in [-0.39, 0.29) is 18.8 Å². The Morgan fingerprint density at radius 2 is 1.52 bits per heavy atom. The monoisotopic (exact) mass is 326 g/mol. The lowest BCUT2D eigenvalue weighted by Gasteiger charge is -2.05. The van der Waals surface area contributed by atoms with E-state index in [0.29, 0.717) is 12.2 Å². The average molecular weight is 326 g/mol. The molecule has 0 unspecified atom stereocenters. The van der Waals surface area contributed by atoms with Gasteiger partial charge in [-0.1, -0.05) is 6.58 Å². The molecule has 0 radical (unpaired) electrons. The van der Waals surface area contributed by atoms with Gasteiger partial charge in [0.2, 0.25) is 0 Å². The van der Waals surface area contributed by atoms with Crippen molar-refractivity contribution < 1.29 is 48.2 Å². The maximum Gasteiger partial charge on any atom is 0.469 e. The predicted molar refractivity (Wildman–Crippen MR) is 68.2 cm³/mol. The van der Waals surface area contributed by atoms with E-state index in [1.54, 1.807) is 0 Å². The number of carboxylic acids is 2. The molecule has 0 rings (SSSR count). The summed E-state index contributed by atoms with van der Waals surface area (Å²) in [4.78, 5) is 46.2. The number of esters is 1. The molecular weight excluding hydrogens is 311 g/mol. The number of carbonyl (C=O) groups excluding carboxylic acids is 1. The molecule has 0 atom stereocenters. The van der Waals surface area contributed by atoms with Gasteiger partial charge in [0.15, 0.2) is 0 Å². The number of hydrogen-bond acceptors (Lipinski definition) is 6. The highest BCUT2D eigenvalue weighted by molar-refractivity contribution is 7.46. The second-order valence-electron chi connectivity index (χ2n) is 3.25. The Kier molecular flexibility index (Phi) is 10.9. The number of carbonyl (C=O) groups is 3. The number of phosphoric acid groups is 1. The average Bonchev–Trinajstić information content (AvgIpc) is 2.31. The molecule has 11 heteroatoms. The summed E-state index contributed by atoms with van der Waals surface area (Å²) in [5, 5.41) is 15.6. The molecule has 0 aromatic rings. The van der Waals surface area contributed by atoms with Crippen LogP contribution in [0.1, 0.15) is 6.92 Å². The second kappa shape index (κ2) is 10.7. The Labute approximate surface area is 119 Å². The minimum atomic E-state index is -4.46. The number of carboxylic acid groups (broad SMARTS) is 2. The van der Waals surface area contributed by atoms with E-state index in [9.17, 15) is 18.9 Å². The quantitative estimate of drug-likeness (QED) is 0.215. The zero-order valence-electron chi connectivity index (χ0n) is 11.0. The highest BCUT2D eigenvalue weighted by Crippen LogP contribution is 2.35. The third-order valence-electron chi connectivity index (χ3n) is 1.29. The van der Waals surface area contributed by atoms with Crippen LogP contribution in [-0.4, -0.2) is 51.1 Å². The standard InChI is InChI=1S/C6H11O6P.C4H4O4/c1-5(2)6(7)11-3-4-12-13(8,9)10;5-3(6)1-2-4(7)8/h1,3-4H2,2H3,(H2,8,9,10);1-2H,(H,5,6)(H,7,8)/b;2-1-. The van der Waals surface area contributed by atoms with Crippen molar-refractivity contribution in [1.29, 1.82) is 0 Å². The van der Waals surface area contributed by atoms with Crippen molar-refractivity contribution in [2.75, 3.05) is 13.2 Å². The molecule has 0 saturated heterocycles. The van der Waals surface area contributed by atoms with Gasteiger partial charge in [-0.15, -0.1) is 0 Å². The first kappa shape index (κ1) is 21.3. The van der Waals surface area contributed by atoms with E-state index in [1.807, 2.05) is 0 Å². The van der Waals surface area contributed by atoms with Crippen LogP contribution >= 0.6 is 7.82 Å².